The Bertz CT molecular complexity index is 410. The molecule has 0 spiro atoms. The van der Waals surface area contributed by atoms with Crippen LogP contribution in [0.3, 0.4) is 0 Å². The Morgan fingerprint density at radius 2 is 1.53 bits per heavy atom. The maximum absolute atomic E-state index is 12.3. The number of hydrogen-bond donors (Lipinski definition) is 1. The summed E-state index contributed by atoms with van der Waals surface area (Å²) in [5, 5.41) is 3.13. The first kappa shape index (κ1) is 16.2. The van der Waals surface area contributed by atoms with Gasteiger partial charge in [0.05, 0.1) is 0 Å². The van der Waals surface area contributed by atoms with Gasteiger partial charge >= 0.3 is 118 Å². The molecular formula is C16H28NOP. The second-order valence-electron chi connectivity index (χ2n) is 5.55. The van der Waals surface area contributed by atoms with Crippen LogP contribution in [0.1, 0.15) is 31.9 Å². The third-order valence-corrected chi connectivity index (χ3v) is 10.1. The Hall–Kier alpha value is -0.880. The monoisotopic (exact) mass is 281 g/mol. The van der Waals surface area contributed by atoms with E-state index in [0.29, 0.717) is 0 Å². The molecule has 1 rings (SSSR count). The van der Waals surface area contributed by atoms with E-state index in [1.165, 1.54) is 18.5 Å². The Labute approximate surface area is 118 Å². The molecular weight excluding hydrogens is 253 g/mol. The van der Waals surface area contributed by atoms with Crippen LogP contribution in [0.5, 0.6) is 0 Å². The third kappa shape index (κ3) is 4.04. The third-order valence-electron chi connectivity index (χ3n) is 4.53. The van der Waals surface area contributed by atoms with Gasteiger partial charge in [-0.15, -0.1) is 0 Å². The van der Waals surface area contributed by atoms with Gasteiger partial charge in [0.2, 0.25) is 0 Å². The van der Waals surface area contributed by atoms with Gasteiger partial charge in [-0.25, -0.2) is 0 Å². The fourth-order valence-electron chi connectivity index (χ4n) is 2.66. The van der Waals surface area contributed by atoms with E-state index in [0.717, 1.165) is 23.0 Å². The molecule has 0 aliphatic heterocycles. The number of carbonyl (C=O) groups is 1. The molecule has 19 heavy (non-hydrogen) atoms. The van der Waals surface area contributed by atoms with Crippen LogP contribution in [0.4, 0.5) is 5.69 Å². The summed E-state index contributed by atoms with van der Waals surface area (Å²) < 4.78 is 0. The van der Waals surface area contributed by atoms with E-state index < -0.39 is 7.26 Å². The van der Waals surface area contributed by atoms with E-state index in [-0.39, 0.29) is 5.91 Å². The van der Waals surface area contributed by atoms with Gasteiger partial charge in [0, 0.05) is 0 Å². The average Bonchev–Trinajstić information content (AvgIpc) is 2.41. The van der Waals surface area contributed by atoms with E-state index in [2.05, 4.69) is 26.1 Å². The summed E-state index contributed by atoms with van der Waals surface area (Å²) in [6, 6.07) is 6.13. The van der Waals surface area contributed by atoms with Gasteiger partial charge in [-0.1, -0.05) is 0 Å². The maximum atomic E-state index is 12.3. The molecule has 0 aliphatic rings. The number of aryl methyl sites for hydroxylation is 2. The Morgan fingerprint density at radius 3 is 1.95 bits per heavy atom. The molecule has 108 valence electrons. The van der Waals surface area contributed by atoms with Crippen molar-refractivity contribution >= 4 is 18.9 Å². The van der Waals surface area contributed by atoms with E-state index in [1.54, 1.807) is 0 Å². The summed E-state index contributed by atoms with van der Waals surface area (Å²) >= 11 is 0. The van der Waals surface area contributed by atoms with Crippen molar-refractivity contribution in [3.8, 4) is 0 Å². The zero-order valence-electron chi connectivity index (χ0n) is 13.0. The van der Waals surface area contributed by atoms with Crippen molar-refractivity contribution in [3.05, 3.63) is 29.3 Å². The number of benzene rings is 1. The molecule has 3 heteroatoms. The molecule has 0 saturated carbocycles. The first-order chi connectivity index (χ1) is 8.98. The normalized spacial score (nSPS) is 12.3. The molecule has 0 aliphatic carbocycles. The van der Waals surface area contributed by atoms with Crippen molar-refractivity contribution in [3.63, 3.8) is 0 Å². The van der Waals surface area contributed by atoms with Crippen molar-refractivity contribution in [1.82, 2.24) is 0 Å². The topological polar surface area (TPSA) is 29.1 Å². The molecule has 0 radical (unpaired) electrons. The number of amides is 1. The number of hydrogen-bond acceptors (Lipinski definition) is 1. The standard InChI is InChI=1S/C16H28NOP/c1-6-19(7-2,8-3)12-15(18)17-16-13(4)10-9-11-14(16)5/h9-11,19H,6-8,12H2,1-5H3,(H,17,18). The van der Waals surface area contributed by atoms with Crippen molar-refractivity contribution in [1.29, 1.82) is 0 Å². The second-order valence-corrected chi connectivity index (χ2v) is 11.0. The minimum atomic E-state index is -1.38. The quantitative estimate of drug-likeness (QED) is 0.783. The fourth-order valence-corrected chi connectivity index (χ4v) is 5.68. The van der Waals surface area contributed by atoms with Gasteiger partial charge in [0.25, 0.3) is 0 Å². The molecule has 1 N–H and O–H groups in total. The summed E-state index contributed by atoms with van der Waals surface area (Å²) in [7, 11) is -1.38. The van der Waals surface area contributed by atoms with Crippen LogP contribution in [-0.4, -0.2) is 30.6 Å². The molecule has 2 nitrogen and oxygen atoms in total. The zero-order valence-corrected chi connectivity index (χ0v) is 14.0. The van der Waals surface area contributed by atoms with Gasteiger partial charge < -0.3 is 0 Å². The number of carbonyl (C=O) groups excluding carboxylic acids is 1. The zero-order chi connectivity index (χ0) is 14.5. The molecule has 0 saturated heterocycles. The van der Waals surface area contributed by atoms with E-state index in [1.807, 2.05) is 32.0 Å². The summed E-state index contributed by atoms with van der Waals surface area (Å²) in [6.45, 7) is 10.8. The van der Waals surface area contributed by atoms with Gasteiger partial charge in [-0.2, -0.15) is 0 Å². The molecule has 1 amide bonds. The van der Waals surface area contributed by atoms with Crippen molar-refractivity contribution in [2.75, 3.05) is 30.0 Å². The molecule has 1 aromatic rings. The van der Waals surface area contributed by atoms with Crippen LogP contribution >= 0.6 is 7.26 Å². The molecule has 0 unspecified atom stereocenters. The van der Waals surface area contributed by atoms with E-state index in [9.17, 15) is 4.79 Å². The van der Waals surface area contributed by atoms with Gasteiger partial charge in [-0.3, -0.25) is 0 Å². The fraction of sp³-hybridized carbons (Fsp3) is 0.562. The van der Waals surface area contributed by atoms with Crippen LogP contribution in [0.2, 0.25) is 0 Å². The summed E-state index contributed by atoms with van der Waals surface area (Å²) in [5.74, 6) is 0.203. The summed E-state index contributed by atoms with van der Waals surface area (Å²) in [6.07, 6.45) is 4.34. The van der Waals surface area contributed by atoms with Gasteiger partial charge in [-0.05, 0) is 0 Å². The molecule has 0 atom stereocenters. The molecule has 1 aromatic carbocycles. The first-order valence-corrected chi connectivity index (χ1v) is 10.2. The predicted octanol–water partition coefficient (Wildman–Crippen LogP) is 4.05. The van der Waals surface area contributed by atoms with Crippen molar-refractivity contribution in [2.24, 2.45) is 0 Å². The van der Waals surface area contributed by atoms with Crippen LogP contribution in [0.25, 0.3) is 0 Å². The second kappa shape index (κ2) is 7.05. The first-order valence-electron chi connectivity index (χ1n) is 7.34. The summed E-state index contributed by atoms with van der Waals surface area (Å²) in [5.41, 5.74) is 3.29. The van der Waals surface area contributed by atoms with Crippen LogP contribution in [0.15, 0.2) is 18.2 Å². The SMILES string of the molecule is CC[PH](CC)(CC)CC(=O)Nc1c(C)cccc1C. The Kier molecular flexibility index (Phi) is 6.00. The van der Waals surface area contributed by atoms with Crippen LogP contribution in [0, 0.1) is 13.8 Å². The predicted molar refractivity (Wildman–Crippen MR) is 89.4 cm³/mol. The average molecular weight is 281 g/mol. The molecule has 0 heterocycles. The van der Waals surface area contributed by atoms with Crippen molar-refractivity contribution < 1.29 is 4.79 Å². The number of para-hydroxylation sites is 1. The van der Waals surface area contributed by atoms with Gasteiger partial charge in [0.1, 0.15) is 0 Å². The van der Waals surface area contributed by atoms with E-state index in [4.69, 9.17) is 0 Å². The van der Waals surface area contributed by atoms with Crippen molar-refractivity contribution in [2.45, 2.75) is 34.6 Å². The Morgan fingerprint density at radius 1 is 1.05 bits per heavy atom. The Balaban J connectivity index is 2.81. The number of anilines is 1. The van der Waals surface area contributed by atoms with Crippen LogP contribution < -0.4 is 5.32 Å². The minimum absolute atomic E-state index is 0.203. The van der Waals surface area contributed by atoms with Crippen LogP contribution in [-0.2, 0) is 4.79 Å². The number of nitrogens with one attached hydrogen (secondary N) is 1. The van der Waals surface area contributed by atoms with Gasteiger partial charge in [0.15, 0.2) is 0 Å². The molecule has 0 bridgehead atoms. The summed E-state index contributed by atoms with van der Waals surface area (Å²) in [4.78, 5) is 12.3. The molecule has 0 aromatic heterocycles. The number of rotatable bonds is 6. The molecule has 0 fully saturated rings. The van der Waals surface area contributed by atoms with E-state index >= 15 is 0 Å².